The average Bonchev–Trinajstić information content (AvgIpc) is 2.16. The average molecular weight is 205 g/mol. The summed E-state index contributed by atoms with van der Waals surface area (Å²) >= 11 is 5.38. The van der Waals surface area contributed by atoms with Crippen LogP contribution in [0.25, 0.3) is 0 Å². The van der Waals surface area contributed by atoms with Gasteiger partial charge in [-0.05, 0) is 19.3 Å². The summed E-state index contributed by atoms with van der Waals surface area (Å²) in [6, 6.07) is 0. The normalized spacial score (nSPS) is 21.9. The van der Waals surface area contributed by atoms with Crippen molar-refractivity contribution in [1.29, 1.82) is 0 Å². The van der Waals surface area contributed by atoms with Gasteiger partial charge in [0, 0.05) is 18.7 Å². The summed E-state index contributed by atoms with van der Waals surface area (Å²) in [7, 11) is 0. The number of carboxylic acids is 1. The third-order valence-corrected chi connectivity index (χ3v) is 2.68. The Hall–Kier alpha value is -0.540. The van der Waals surface area contributed by atoms with Gasteiger partial charge in [-0.3, -0.25) is 4.79 Å². The van der Waals surface area contributed by atoms with E-state index in [1.165, 1.54) is 5.54 Å². The standard InChI is InChI=1S/C9H13ClO3/c10-5-1-2-9(8(11)12)3-6-13-7-4-9/h1,5H,2-4,6-7H2,(H,11,12)/b5-1+. The predicted octanol–water partition coefficient (Wildman–Crippen LogP) is 2.01. The minimum Gasteiger partial charge on any atom is -0.481 e. The second kappa shape index (κ2) is 4.63. The van der Waals surface area contributed by atoms with Crippen LogP contribution in [-0.2, 0) is 9.53 Å². The molecule has 0 aromatic rings. The lowest BCUT2D eigenvalue weighted by atomic mass is 9.77. The van der Waals surface area contributed by atoms with Crippen LogP contribution < -0.4 is 0 Å². The SMILES string of the molecule is O=C(O)C1(C/C=C/Cl)CCOCC1. The van der Waals surface area contributed by atoms with E-state index in [0.717, 1.165) is 0 Å². The van der Waals surface area contributed by atoms with Gasteiger partial charge in [0.1, 0.15) is 0 Å². The Morgan fingerprint density at radius 3 is 2.62 bits per heavy atom. The van der Waals surface area contributed by atoms with Gasteiger partial charge in [0.05, 0.1) is 5.41 Å². The molecule has 74 valence electrons. The Morgan fingerprint density at radius 2 is 2.15 bits per heavy atom. The van der Waals surface area contributed by atoms with E-state index in [2.05, 4.69) is 0 Å². The van der Waals surface area contributed by atoms with Gasteiger partial charge in [-0.1, -0.05) is 17.7 Å². The maximum Gasteiger partial charge on any atom is 0.310 e. The molecule has 1 fully saturated rings. The topological polar surface area (TPSA) is 46.5 Å². The second-order valence-corrected chi connectivity index (χ2v) is 3.52. The van der Waals surface area contributed by atoms with Crippen LogP contribution in [0.5, 0.6) is 0 Å². The molecule has 1 heterocycles. The molecule has 1 rings (SSSR count). The fraction of sp³-hybridized carbons (Fsp3) is 0.667. The van der Waals surface area contributed by atoms with E-state index in [9.17, 15) is 4.79 Å². The smallest absolute Gasteiger partial charge is 0.310 e. The van der Waals surface area contributed by atoms with E-state index in [1.54, 1.807) is 6.08 Å². The summed E-state index contributed by atoms with van der Waals surface area (Å²) in [5.41, 5.74) is 0.726. The van der Waals surface area contributed by atoms with Crippen molar-refractivity contribution in [3.8, 4) is 0 Å². The van der Waals surface area contributed by atoms with Gasteiger partial charge in [-0.25, -0.2) is 0 Å². The molecule has 4 heteroatoms. The largest absolute Gasteiger partial charge is 0.481 e. The highest BCUT2D eigenvalue weighted by Gasteiger charge is 2.38. The first kappa shape index (κ1) is 10.5. The maximum atomic E-state index is 11.0. The van der Waals surface area contributed by atoms with E-state index in [-0.39, 0.29) is 0 Å². The molecule has 0 bridgehead atoms. The second-order valence-electron chi connectivity index (χ2n) is 3.26. The third-order valence-electron chi connectivity index (χ3n) is 2.50. The number of carbonyl (C=O) groups is 1. The van der Waals surface area contributed by atoms with E-state index in [0.29, 0.717) is 32.5 Å². The third kappa shape index (κ3) is 2.45. The summed E-state index contributed by atoms with van der Waals surface area (Å²) in [4.78, 5) is 11.0. The van der Waals surface area contributed by atoms with Crippen molar-refractivity contribution in [2.45, 2.75) is 19.3 Å². The molecule has 0 aromatic carbocycles. The van der Waals surface area contributed by atoms with Crippen molar-refractivity contribution in [2.24, 2.45) is 5.41 Å². The molecule has 1 aliphatic heterocycles. The van der Waals surface area contributed by atoms with Crippen LogP contribution in [-0.4, -0.2) is 24.3 Å². The molecule has 1 saturated heterocycles. The molecule has 1 aliphatic rings. The number of halogens is 1. The highest BCUT2D eigenvalue weighted by atomic mass is 35.5. The number of hydrogen-bond acceptors (Lipinski definition) is 2. The Labute approximate surface area is 82.3 Å². The molecule has 0 atom stereocenters. The van der Waals surface area contributed by atoms with E-state index >= 15 is 0 Å². The zero-order valence-corrected chi connectivity index (χ0v) is 8.09. The molecule has 0 amide bonds. The van der Waals surface area contributed by atoms with Crippen molar-refractivity contribution in [3.05, 3.63) is 11.6 Å². The minimum atomic E-state index is -0.745. The Bertz CT molecular complexity index is 207. The first-order valence-electron chi connectivity index (χ1n) is 4.28. The van der Waals surface area contributed by atoms with E-state index in [4.69, 9.17) is 21.4 Å². The molecule has 1 N–H and O–H groups in total. The summed E-state index contributed by atoms with van der Waals surface area (Å²) in [6.07, 6.45) is 3.34. The molecule has 0 radical (unpaired) electrons. The number of hydrogen-bond donors (Lipinski definition) is 1. The molecule has 0 saturated carbocycles. The predicted molar refractivity (Wildman–Crippen MR) is 49.7 cm³/mol. The number of ether oxygens (including phenoxy) is 1. The minimum absolute atomic E-state index is 0.495. The Kier molecular flexibility index (Phi) is 3.75. The lowest BCUT2D eigenvalue weighted by Gasteiger charge is -2.31. The van der Waals surface area contributed by atoms with Gasteiger partial charge in [0.2, 0.25) is 0 Å². The Morgan fingerprint density at radius 1 is 1.54 bits per heavy atom. The first-order chi connectivity index (χ1) is 6.21. The quantitative estimate of drug-likeness (QED) is 0.765. The molecule has 3 nitrogen and oxygen atoms in total. The fourth-order valence-electron chi connectivity index (χ4n) is 1.54. The van der Waals surface area contributed by atoms with Crippen LogP contribution in [0.15, 0.2) is 11.6 Å². The van der Waals surface area contributed by atoms with Gasteiger partial charge in [-0.15, -0.1) is 0 Å². The van der Waals surface area contributed by atoms with Gasteiger partial charge < -0.3 is 9.84 Å². The lowest BCUT2D eigenvalue weighted by Crippen LogP contribution is -2.36. The molecule has 0 aliphatic carbocycles. The van der Waals surface area contributed by atoms with Crippen LogP contribution >= 0.6 is 11.6 Å². The summed E-state index contributed by atoms with van der Waals surface area (Å²) < 4.78 is 5.13. The van der Waals surface area contributed by atoms with Crippen LogP contribution in [0.2, 0.25) is 0 Å². The van der Waals surface area contributed by atoms with Crippen LogP contribution in [0.1, 0.15) is 19.3 Å². The van der Waals surface area contributed by atoms with Crippen LogP contribution in [0.4, 0.5) is 0 Å². The van der Waals surface area contributed by atoms with Crippen molar-refractivity contribution in [1.82, 2.24) is 0 Å². The highest BCUT2D eigenvalue weighted by Crippen LogP contribution is 2.34. The molecule has 0 aromatic heterocycles. The zero-order valence-electron chi connectivity index (χ0n) is 7.33. The van der Waals surface area contributed by atoms with Crippen molar-refractivity contribution in [2.75, 3.05) is 13.2 Å². The monoisotopic (exact) mass is 204 g/mol. The van der Waals surface area contributed by atoms with Crippen LogP contribution in [0, 0.1) is 5.41 Å². The summed E-state index contributed by atoms with van der Waals surface area (Å²) in [5.74, 6) is -0.745. The van der Waals surface area contributed by atoms with Gasteiger partial charge in [0.25, 0.3) is 0 Å². The number of carboxylic acid groups (broad SMARTS) is 1. The zero-order chi connectivity index (χ0) is 9.73. The Balaban J connectivity index is 2.67. The first-order valence-corrected chi connectivity index (χ1v) is 4.71. The summed E-state index contributed by atoms with van der Waals surface area (Å²) in [5, 5.41) is 9.08. The number of allylic oxidation sites excluding steroid dienone is 1. The number of aliphatic carboxylic acids is 1. The van der Waals surface area contributed by atoms with Gasteiger partial charge in [-0.2, -0.15) is 0 Å². The van der Waals surface area contributed by atoms with E-state index < -0.39 is 11.4 Å². The van der Waals surface area contributed by atoms with Crippen molar-refractivity contribution >= 4 is 17.6 Å². The lowest BCUT2D eigenvalue weighted by molar-refractivity contribution is -0.154. The maximum absolute atomic E-state index is 11.0. The number of rotatable bonds is 3. The van der Waals surface area contributed by atoms with E-state index in [1.807, 2.05) is 0 Å². The van der Waals surface area contributed by atoms with Crippen molar-refractivity contribution in [3.63, 3.8) is 0 Å². The fourth-order valence-corrected chi connectivity index (χ4v) is 1.63. The van der Waals surface area contributed by atoms with Crippen molar-refractivity contribution < 1.29 is 14.6 Å². The highest BCUT2D eigenvalue weighted by molar-refractivity contribution is 6.25. The van der Waals surface area contributed by atoms with Gasteiger partial charge >= 0.3 is 5.97 Å². The molecule has 13 heavy (non-hydrogen) atoms. The molecule has 0 unspecified atom stereocenters. The van der Waals surface area contributed by atoms with Gasteiger partial charge in [0.15, 0.2) is 0 Å². The van der Waals surface area contributed by atoms with Crippen LogP contribution in [0.3, 0.4) is 0 Å². The summed E-state index contributed by atoms with van der Waals surface area (Å²) in [6.45, 7) is 1.06. The molecular weight excluding hydrogens is 192 g/mol. The molecule has 0 spiro atoms. The molecular formula is C9H13ClO3.